The number of rotatable bonds is 3. The Morgan fingerprint density at radius 1 is 1.33 bits per heavy atom. The molecule has 1 aromatic carbocycles. The largest absolute Gasteiger partial charge is 0.463 e. The predicted molar refractivity (Wildman–Crippen MR) is 106 cm³/mol. The number of fused-ring (bicyclic) bond motifs is 1. The van der Waals surface area contributed by atoms with E-state index in [4.69, 9.17) is 16.0 Å². The van der Waals surface area contributed by atoms with Gasteiger partial charge < -0.3 is 20.2 Å². The fourth-order valence-corrected chi connectivity index (χ4v) is 3.41. The second-order valence-corrected chi connectivity index (χ2v) is 6.72. The molecule has 4 rings (SSSR count). The molecule has 0 saturated carbocycles. The zero-order valence-electron chi connectivity index (χ0n) is 14.3. The van der Waals surface area contributed by atoms with Crippen LogP contribution in [-0.2, 0) is 0 Å². The number of hydrogen-bond donors (Lipinski definition) is 3. The van der Waals surface area contributed by atoms with Crippen molar-refractivity contribution >= 4 is 40.8 Å². The smallest absolute Gasteiger partial charge is 0.252 e. The first-order valence-corrected chi connectivity index (χ1v) is 8.84. The molecule has 6 nitrogen and oxygen atoms in total. The second-order valence-electron chi connectivity index (χ2n) is 6.31. The predicted octanol–water partition coefficient (Wildman–Crippen LogP) is 3.02. The first kappa shape index (κ1) is 19.6. The van der Waals surface area contributed by atoms with E-state index in [9.17, 15) is 9.90 Å². The number of piperidine rings is 1. The lowest BCUT2D eigenvalue weighted by atomic mass is 10.0. The van der Waals surface area contributed by atoms with Crippen LogP contribution in [0.25, 0.3) is 22.4 Å². The molecule has 1 amide bonds. The van der Waals surface area contributed by atoms with Gasteiger partial charge in [-0.25, -0.2) is 4.98 Å². The number of amides is 1. The maximum atomic E-state index is 13.0. The fourth-order valence-electron chi connectivity index (χ4n) is 3.19. The summed E-state index contributed by atoms with van der Waals surface area (Å²) in [4.78, 5) is 17.5. The first-order chi connectivity index (χ1) is 12.6. The van der Waals surface area contributed by atoms with Crippen LogP contribution in [0, 0.1) is 0 Å². The molecule has 0 bridgehead atoms. The number of halogens is 2. The summed E-state index contributed by atoms with van der Waals surface area (Å²) in [6.07, 6.45) is 1.59. The van der Waals surface area contributed by atoms with Crippen LogP contribution >= 0.6 is 24.0 Å². The van der Waals surface area contributed by atoms with E-state index in [0.717, 1.165) is 6.54 Å². The number of furan rings is 1. The monoisotopic (exact) mass is 407 g/mol. The topological polar surface area (TPSA) is 87.4 Å². The second kappa shape index (κ2) is 8.27. The maximum absolute atomic E-state index is 13.0. The minimum atomic E-state index is -0.568. The van der Waals surface area contributed by atoms with Gasteiger partial charge in [-0.05, 0) is 37.2 Å². The summed E-state index contributed by atoms with van der Waals surface area (Å²) in [5, 5.41) is 17.3. The third-order valence-electron chi connectivity index (χ3n) is 4.57. The highest BCUT2D eigenvalue weighted by molar-refractivity contribution is 6.35. The molecule has 8 heteroatoms. The van der Waals surface area contributed by atoms with Gasteiger partial charge in [-0.1, -0.05) is 23.7 Å². The van der Waals surface area contributed by atoms with E-state index in [1.54, 1.807) is 36.6 Å². The van der Waals surface area contributed by atoms with Crippen LogP contribution in [0.4, 0.5) is 0 Å². The van der Waals surface area contributed by atoms with E-state index in [0.29, 0.717) is 45.9 Å². The van der Waals surface area contributed by atoms with Crippen molar-refractivity contribution in [1.29, 1.82) is 0 Å². The summed E-state index contributed by atoms with van der Waals surface area (Å²) in [6.45, 7) is 1.27. The van der Waals surface area contributed by atoms with E-state index < -0.39 is 6.10 Å². The van der Waals surface area contributed by atoms with Crippen LogP contribution in [0.5, 0.6) is 0 Å². The Bertz CT molecular complexity index is 947. The van der Waals surface area contributed by atoms with Crippen molar-refractivity contribution in [2.75, 3.05) is 13.1 Å². The van der Waals surface area contributed by atoms with Gasteiger partial charge in [0.15, 0.2) is 5.76 Å². The molecule has 142 valence electrons. The third kappa shape index (κ3) is 3.94. The van der Waals surface area contributed by atoms with E-state index in [1.807, 2.05) is 6.07 Å². The number of aromatic nitrogens is 1. The Hall–Kier alpha value is -2.12. The van der Waals surface area contributed by atoms with Crippen LogP contribution in [0.2, 0.25) is 5.02 Å². The van der Waals surface area contributed by atoms with Crippen LogP contribution in [0.3, 0.4) is 0 Å². The molecule has 0 spiro atoms. The summed E-state index contributed by atoms with van der Waals surface area (Å²) in [5.41, 5.74) is 1.51. The Balaban J connectivity index is 0.00000210. The molecular weight excluding hydrogens is 389 g/mol. The molecule has 0 radical (unpaired) electrons. The molecule has 1 aliphatic heterocycles. The van der Waals surface area contributed by atoms with Crippen molar-refractivity contribution in [3.05, 3.63) is 53.2 Å². The highest BCUT2D eigenvalue weighted by Gasteiger charge is 2.26. The molecular formula is C19H19Cl2N3O3. The highest BCUT2D eigenvalue weighted by atomic mass is 35.5. The molecule has 1 fully saturated rings. The number of hydrogen-bond acceptors (Lipinski definition) is 5. The Kier molecular flexibility index (Phi) is 6.01. The SMILES string of the molecule is Cl.O=C(N[C@@H]1CNCC[C@H]1O)c1cc(-c2ccco2)nc2c(Cl)cccc12. The first-order valence-electron chi connectivity index (χ1n) is 8.46. The molecule has 2 aromatic heterocycles. The number of nitrogens with one attached hydrogen (secondary N) is 2. The van der Waals surface area contributed by atoms with Crippen LogP contribution in [0.15, 0.2) is 47.1 Å². The lowest BCUT2D eigenvalue weighted by Gasteiger charge is -2.29. The molecule has 1 aliphatic rings. The number of nitrogens with zero attached hydrogens (tertiary/aromatic N) is 1. The molecule has 0 aliphatic carbocycles. The van der Waals surface area contributed by atoms with Gasteiger partial charge in [0, 0.05) is 11.9 Å². The molecule has 27 heavy (non-hydrogen) atoms. The van der Waals surface area contributed by atoms with Crippen molar-refractivity contribution in [3.8, 4) is 11.5 Å². The quantitative estimate of drug-likeness (QED) is 0.620. The van der Waals surface area contributed by atoms with Crippen molar-refractivity contribution in [2.24, 2.45) is 0 Å². The standard InChI is InChI=1S/C19H18ClN3O3.ClH/c20-13-4-1-3-11-12(19(25)23-15-10-21-7-6-16(15)24)9-14(22-18(11)13)17-5-2-8-26-17;/h1-5,8-9,15-16,21,24H,6-7,10H2,(H,23,25);1H/t15-,16-;/m1./s1. The fraction of sp³-hybridized carbons (Fsp3) is 0.263. The average Bonchev–Trinajstić information content (AvgIpc) is 3.18. The van der Waals surface area contributed by atoms with Gasteiger partial charge in [0.2, 0.25) is 0 Å². The van der Waals surface area contributed by atoms with Gasteiger partial charge in [0.05, 0.1) is 34.5 Å². The minimum Gasteiger partial charge on any atom is -0.463 e. The lowest BCUT2D eigenvalue weighted by molar-refractivity contribution is 0.0756. The van der Waals surface area contributed by atoms with Crippen molar-refractivity contribution in [1.82, 2.24) is 15.6 Å². The zero-order chi connectivity index (χ0) is 18.1. The third-order valence-corrected chi connectivity index (χ3v) is 4.88. The number of carbonyl (C=O) groups is 1. The highest BCUT2D eigenvalue weighted by Crippen LogP contribution is 2.29. The molecule has 3 heterocycles. The van der Waals surface area contributed by atoms with Crippen LogP contribution < -0.4 is 10.6 Å². The van der Waals surface area contributed by atoms with Crippen LogP contribution in [-0.4, -0.2) is 41.2 Å². The van der Waals surface area contributed by atoms with Gasteiger partial charge >= 0.3 is 0 Å². The number of para-hydroxylation sites is 1. The summed E-state index contributed by atoms with van der Waals surface area (Å²) < 4.78 is 5.42. The van der Waals surface area contributed by atoms with Gasteiger partial charge in [0.1, 0.15) is 5.69 Å². The Morgan fingerprint density at radius 3 is 2.93 bits per heavy atom. The Morgan fingerprint density at radius 2 is 2.19 bits per heavy atom. The number of carbonyl (C=O) groups excluding carboxylic acids is 1. The average molecular weight is 408 g/mol. The number of pyridine rings is 1. The van der Waals surface area contributed by atoms with Crippen LogP contribution in [0.1, 0.15) is 16.8 Å². The van der Waals surface area contributed by atoms with Crippen molar-refractivity contribution in [2.45, 2.75) is 18.6 Å². The number of aliphatic hydroxyl groups excluding tert-OH is 1. The molecule has 2 atom stereocenters. The summed E-state index contributed by atoms with van der Waals surface area (Å²) in [7, 11) is 0. The summed E-state index contributed by atoms with van der Waals surface area (Å²) in [6, 6.07) is 10.2. The van der Waals surface area contributed by atoms with E-state index in [-0.39, 0.29) is 24.4 Å². The summed E-state index contributed by atoms with van der Waals surface area (Å²) >= 11 is 6.31. The maximum Gasteiger partial charge on any atom is 0.252 e. The number of benzene rings is 1. The molecule has 3 aromatic rings. The Labute approximate surface area is 167 Å². The minimum absolute atomic E-state index is 0. The van der Waals surface area contributed by atoms with Gasteiger partial charge in [-0.15, -0.1) is 12.4 Å². The zero-order valence-corrected chi connectivity index (χ0v) is 15.9. The molecule has 3 N–H and O–H groups in total. The normalized spacial score (nSPS) is 19.5. The molecule has 0 unspecified atom stereocenters. The lowest BCUT2D eigenvalue weighted by Crippen LogP contribution is -2.53. The van der Waals surface area contributed by atoms with Crippen molar-refractivity contribution in [3.63, 3.8) is 0 Å². The van der Waals surface area contributed by atoms with Gasteiger partial charge in [-0.3, -0.25) is 4.79 Å². The van der Waals surface area contributed by atoms with E-state index in [2.05, 4.69) is 15.6 Å². The van der Waals surface area contributed by atoms with E-state index in [1.165, 1.54) is 0 Å². The van der Waals surface area contributed by atoms with Crippen molar-refractivity contribution < 1.29 is 14.3 Å². The van der Waals surface area contributed by atoms with Gasteiger partial charge in [0.25, 0.3) is 5.91 Å². The summed E-state index contributed by atoms with van der Waals surface area (Å²) in [5.74, 6) is 0.278. The van der Waals surface area contributed by atoms with E-state index >= 15 is 0 Å². The van der Waals surface area contributed by atoms with Gasteiger partial charge in [-0.2, -0.15) is 0 Å². The molecule has 1 saturated heterocycles. The number of aliphatic hydroxyl groups is 1.